The van der Waals surface area contributed by atoms with Crippen LogP contribution in [0.1, 0.15) is 31.4 Å². The fraction of sp³-hybridized carbons (Fsp3) is 0.188. The number of esters is 1. The number of benzene rings is 1. The molecule has 1 aromatic heterocycles. The highest BCUT2D eigenvalue weighted by Crippen LogP contribution is 2.08. The van der Waals surface area contributed by atoms with Gasteiger partial charge in [-0.1, -0.05) is 0 Å². The third-order valence-corrected chi connectivity index (χ3v) is 4.03. The largest absolute Gasteiger partial charge is 0.452 e. The van der Waals surface area contributed by atoms with E-state index in [2.05, 4.69) is 15.8 Å². The highest BCUT2D eigenvalue weighted by atomic mass is 32.1. The summed E-state index contributed by atoms with van der Waals surface area (Å²) in [7, 11) is 0. The Morgan fingerprint density at radius 2 is 1.69 bits per heavy atom. The van der Waals surface area contributed by atoms with Gasteiger partial charge in [0.1, 0.15) is 5.01 Å². The second-order valence-electron chi connectivity index (χ2n) is 5.17. The number of aryl methyl sites for hydroxylation is 1. The predicted molar refractivity (Wildman–Crippen MR) is 92.1 cm³/mol. The molecule has 0 aliphatic carbocycles. The van der Waals surface area contributed by atoms with Crippen molar-refractivity contribution < 1.29 is 23.9 Å². The molecule has 2 aromatic rings. The van der Waals surface area contributed by atoms with Crippen molar-refractivity contribution in [1.29, 1.82) is 0 Å². The highest BCUT2D eigenvalue weighted by Gasteiger charge is 2.12. The SMILES string of the molecule is Cc1csc(CC(=O)NNC(=O)COC(=O)c2ccc(C(N)=O)cc2)n1. The number of nitrogens with zero attached hydrogens (tertiary/aromatic N) is 1. The molecular formula is C16H16N4O5S. The standard InChI is InChI=1S/C16H16N4O5S/c1-9-8-26-14(18-9)6-12(21)19-20-13(22)7-25-16(24)11-4-2-10(3-5-11)15(17)23/h2-5,8H,6-7H2,1H3,(H2,17,23)(H,19,21)(H,20,22). The molecule has 0 aliphatic rings. The fourth-order valence-corrected chi connectivity index (χ4v) is 2.60. The lowest BCUT2D eigenvalue weighted by Gasteiger charge is -2.07. The van der Waals surface area contributed by atoms with Crippen LogP contribution in [0.2, 0.25) is 0 Å². The molecule has 0 radical (unpaired) electrons. The van der Waals surface area contributed by atoms with Crippen LogP contribution < -0.4 is 16.6 Å². The molecule has 0 saturated heterocycles. The zero-order valence-corrected chi connectivity index (χ0v) is 14.6. The number of rotatable bonds is 6. The molecule has 4 N–H and O–H groups in total. The van der Waals surface area contributed by atoms with Gasteiger partial charge in [-0.2, -0.15) is 0 Å². The first kappa shape index (κ1) is 19.1. The van der Waals surface area contributed by atoms with Gasteiger partial charge in [-0.05, 0) is 31.2 Å². The second kappa shape index (κ2) is 8.72. The number of nitrogens with two attached hydrogens (primary N) is 1. The van der Waals surface area contributed by atoms with Gasteiger partial charge < -0.3 is 10.5 Å². The van der Waals surface area contributed by atoms with Crippen LogP contribution in [0.4, 0.5) is 0 Å². The van der Waals surface area contributed by atoms with Crippen molar-refractivity contribution in [3.05, 3.63) is 51.5 Å². The van der Waals surface area contributed by atoms with Crippen LogP contribution in [-0.2, 0) is 20.7 Å². The quantitative estimate of drug-likeness (QED) is 0.482. The summed E-state index contributed by atoms with van der Waals surface area (Å²) in [4.78, 5) is 50.2. The molecule has 3 amide bonds. The molecule has 1 heterocycles. The van der Waals surface area contributed by atoms with Gasteiger partial charge in [-0.15, -0.1) is 11.3 Å². The maximum absolute atomic E-state index is 11.8. The second-order valence-corrected chi connectivity index (χ2v) is 6.12. The summed E-state index contributed by atoms with van der Waals surface area (Å²) in [5.41, 5.74) is 10.7. The van der Waals surface area contributed by atoms with Crippen LogP contribution in [0.25, 0.3) is 0 Å². The Labute approximate surface area is 152 Å². The Kier molecular flexibility index (Phi) is 6.39. The molecule has 0 aliphatic heterocycles. The van der Waals surface area contributed by atoms with E-state index in [9.17, 15) is 19.2 Å². The number of hydrogen-bond acceptors (Lipinski definition) is 7. The van der Waals surface area contributed by atoms with Crippen molar-refractivity contribution in [1.82, 2.24) is 15.8 Å². The van der Waals surface area contributed by atoms with Crippen LogP contribution in [-0.4, -0.2) is 35.3 Å². The lowest BCUT2D eigenvalue weighted by atomic mass is 10.1. The van der Waals surface area contributed by atoms with Crippen molar-refractivity contribution in [2.45, 2.75) is 13.3 Å². The maximum Gasteiger partial charge on any atom is 0.338 e. The minimum Gasteiger partial charge on any atom is -0.452 e. The van der Waals surface area contributed by atoms with Crippen molar-refractivity contribution >= 4 is 35.0 Å². The van der Waals surface area contributed by atoms with Crippen molar-refractivity contribution in [2.24, 2.45) is 5.73 Å². The van der Waals surface area contributed by atoms with Gasteiger partial charge in [-0.3, -0.25) is 25.2 Å². The van der Waals surface area contributed by atoms with Crippen LogP contribution in [0.5, 0.6) is 0 Å². The molecule has 0 bridgehead atoms. The predicted octanol–water partition coefficient (Wildman–Crippen LogP) is 0.0973. The molecule has 0 atom stereocenters. The first-order chi connectivity index (χ1) is 12.3. The van der Waals surface area contributed by atoms with E-state index >= 15 is 0 Å². The number of thiazole rings is 1. The molecular weight excluding hydrogens is 360 g/mol. The number of primary amides is 1. The number of carbonyl (C=O) groups is 4. The van der Waals surface area contributed by atoms with E-state index in [0.29, 0.717) is 5.01 Å². The summed E-state index contributed by atoms with van der Waals surface area (Å²) in [6.45, 7) is 1.24. The van der Waals surface area contributed by atoms with Crippen molar-refractivity contribution in [3.63, 3.8) is 0 Å². The Bertz CT molecular complexity index is 831. The molecule has 9 nitrogen and oxygen atoms in total. The summed E-state index contributed by atoms with van der Waals surface area (Å²) in [5, 5.41) is 2.44. The summed E-state index contributed by atoms with van der Waals surface area (Å²) >= 11 is 1.34. The van der Waals surface area contributed by atoms with Crippen molar-refractivity contribution in [3.8, 4) is 0 Å². The summed E-state index contributed by atoms with van der Waals surface area (Å²) in [6.07, 6.45) is 0.0325. The van der Waals surface area contributed by atoms with Gasteiger partial charge in [0.05, 0.1) is 12.0 Å². The number of aromatic nitrogens is 1. The number of hydrogen-bond donors (Lipinski definition) is 3. The zero-order chi connectivity index (χ0) is 19.1. The molecule has 0 saturated carbocycles. The highest BCUT2D eigenvalue weighted by molar-refractivity contribution is 7.09. The van der Waals surface area contributed by atoms with Gasteiger partial charge in [0.2, 0.25) is 11.8 Å². The Balaban J connectivity index is 1.73. The van der Waals surface area contributed by atoms with Gasteiger partial charge >= 0.3 is 5.97 Å². The van der Waals surface area contributed by atoms with Crippen LogP contribution >= 0.6 is 11.3 Å². The van der Waals surface area contributed by atoms with Gasteiger partial charge in [0, 0.05) is 16.6 Å². The summed E-state index contributed by atoms with van der Waals surface area (Å²) < 4.78 is 4.82. The average molecular weight is 376 g/mol. The van der Waals surface area contributed by atoms with Gasteiger partial charge in [0.25, 0.3) is 5.91 Å². The zero-order valence-electron chi connectivity index (χ0n) is 13.8. The number of amides is 3. The number of carbonyl (C=O) groups excluding carboxylic acids is 4. The maximum atomic E-state index is 11.8. The van der Waals surface area contributed by atoms with Crippen LogP contribution in [0.15, 0.2) is 29.6 Å². The molecule has 0 unspecified atom stereocenters. The summed E-state index contributed by atoms with van der Waals surface area (Å²) in [5.74, 6) is -2.51. The van der Waals surface area contributed by atoms with E-state index in [1.165, 1.54) is 35.6 Å². The lowest BCUT2D eigenvalue weighted by molar-refractivity contribution is -0.130. The van der Waals surface area contributed by atoms with Crippen LogP contribution in [0, 0.1) is 6.92 Å². The fourth-order valence-electron chi connectivity index (χ4n) is 1.83. The molecule has 10 heteroatoms. The summed E-state index contributed by atoms with van der Waals surface area (Å²) in [6, 6.07) is 5.47. The lowest BCUT2D eigenvalue weighted by Crippen LogP contribution is -2.44. The van der Waals surface area contributed by atoms with Crippen LogP contribution in [0.3, 0.4) is 0 Å². The van der Waals surface area contributed by atoms with E-state index in [1.807, 2.05) is 12.3 Å². The van der Waals surface area contributed by atoms with Gasteiger partial charge in [0.15, 0.2) is 6.61 Å². The molecule has 2 rings (SSSR count). The normalized spacial score (nSPS) is 10.0. The minimum atomic E-state index is -0.749. The first-order valence-corrected chi connectivity index (χ1v) is 8.29. The number of nitrogens with one attached hydrogen (secondary N) is 2. The smallest absolute Gasteiger partial charge is 0.338 e. The van der Waals surface area contributed by atoms with E-state index in [4.69, 9.17) is 10.5 Å². The molecule has 0 spiro atoms. The van der Waals surface area contributed by atoms with E-state index in [0.717, 1.165) is 5.69 Å². The van der Waals surface area contributed by atoms with E-state index in [1.54, 1.807) is 0 Å². The average Bonchev–Trinajstić information content (AvgIpc) is 3.02. The Morgan fingerprint density at radius 3 is 2.27 bits per heavy atom. The Hall–Kier alpha value is -3.27. The third-order valence-electron chi connectivity index (χ3n) is 3.06. The van der Waals surface area contributed by atoms with E-state index < -0.39 is 30.3 Å². The Morgan fingerprint density at radius 1 is 1.08 bits per heavy atom. The number of hydrazine groups is 1. The van der Waals surface area contributed by atoms with Crippen molar-refractivity contribution in [2.75, 3.05) is 6.61 Å². The van der Waals surface area contributed by atoms with E-state index in [-0.39, 0.29) is 17.5 Å². The monoisotopic (exact) mass is 376 g/mol. The minimum absolute atomic E-state index is 0.0325. The number of ether oxygens (including phenoxy) is 1. The third kappa shape index (κ3) is 5.67. The molecule has 136 valence electrons. The molecule has 0 fully saturated rings. The molecule has 26 heavy (non-hydrogen) atoms. The molecule has 1 aromatic carbocycles. The topological polar surface area (TPSA) is 140 Å². The van der Waals surface area contributed by atoms with Gasteiger partial charge in [-0.25, -0.2) is 9.78 Å². The first-order valence-electron chi connectivity index (χ1n) is 7.41.